The lowest BCUT2D eigenvalue weighted by Crippen LogP contribution is -2.17. The molecular formula is C9H9N3O2. The molecule has 0 saturated heterocycles. The molecule has 0 aliphatic rings. The molecule has 2 aromatic rings. The third kappa shape index (κ3) is 1.10. The van der Waals surface area contributed by atoms with Gasteiger partial charge < -0.3 is 15.3 Å². The number of aryl methyl sites for hydroxylation is 1. The van der Waals surface area contributed by atoms with E-state index in [1.807, 2.05) is 0 Å². The fourth-order valence-electron chi connectivity index (χ4n) is 1.39. The molecule has 0 atom stereocenters. The van der Waals surface area contributed by atoms with Gasteiger partial charge in [-0.25, -0.2) is 0 Å². The first kappa shape index (κ1) is 8.55. The summed E-state index contributed by atoms with van der Waals surface area (Å²) in [5, 5.41) is 0.553. The quantitative estimate of drug-likeness (QED) is 0.663. The monoisotopic (exact) mass is 191 g/mol. The SMILES string of the molecule is Cn1ccc2c(=O)cc(C(N)=O)[nH]c21. The van der Waals surface area contributed by atoms with Crippen molar-refractivity contribution < 1.29 is 4.79 Å². The number of nitrogens with zero attached hydrogens (tertiary/aromatic N) is 1. The number of aromatic amines is 1. The Balaban J connectivity index is 2.89. The van der Waals surface area contributed by atoms with Gasteiger partial charge in [0.2, 0.25) is 0 Å². The summed E-state index contributed by atoms with van der Waals surface area (Å²) in [4.78, 5) is 25.2. The molecule has 0 fully saturated rings. The average Bonchev–Trinajstić information content (AvgIpc) is 2.48. The van der Waals surface area contributed by atoms with Crippen molar-refractivity contribution in [3.05, 3.63) is 34.2 Å². The van der Waals surface area contributed by atoms with E-state index >= 15 is 0 Å². The minimum absolute atomic E-state index is 0.129. The lowest BCUT2D eigenvalue weighted by Gasteiger charge is -1.99. The molecule has 72 valence electrons. The molecular weight excluding hydrogens is 182 g/mol. The van der Waals surface area contributed by atoms with Crippen LogP contribution in [0.3, 0.4) is 0 Å². The molecule has 2 heterocycles. The van der Waals surface area contributed by atoms with E-state index in [1.165, 1.54) is 6.07 Å². The molecule has 1 amide bonds. The number of nitrogens with two attached hydrogens (primary N) is 1. The maximum Gasteiger partial charge on any atom is 0.265 e. The zero-order valence-corrected chi connectivity index (χ0v) is 7.57. The van der Waals surface area contributed by atoms with E-state index in [4.69, 9.17) is 5.73 Å². The number of hydrogen-bond donors (Lipinski definition) is 2. The highest BCUT2D eigenvalue weighted by Crippen LogP contribution is 2.07. The van der Waals surface area contributed by atoms with E-state index in [1.54, 1.807) is 23.9 Å². The highest BCUT2D eigenvalue weighted by atomic mass is 16.1. The van der Waals surface area contributed by atoms with Crippen LogP contribution in [0.5, 0.6) is 0 Å². The summed E-state index contributed by atoms with van der Waals surface area (Å²) in [6, 6.07) is 2.91. The van der Waals surface area contributed by atoms with Gasteiger partial charge in [0.25, 0.3) is 5.91 Å². The van der Waals surface area contributed by atoms with Gasteiger partial charge in [-0.15, -0.1) is 0 Å². The van der Waals surface area contributed by atoms with E-state index < -0.39 is 5.91 Å². The number of nitrogens with one attached hydrogen (secondary N) is 1. The minimum atomic E-state index is -0.634. The molecule has 0 aromatic carbocycles. The fourth-order valence-corrected chi connectivity index (χ4v) is 1.39. The van der Waals surface area contributed by atoms with Crippen LogP contribution in [0.25, 0.3) is 11.0 Å². The Morgan fingerprint density at radius 2 is 2.29 bits per heavy atom. The number of H-pyrrole nitrogens is 1. The van der Waals surface area contributed by atoms with Gasteiger partial charge in [0, 0.05) is 19.3 Å². The number of amides is 1. The molecule has 0 aliphatic heterocycles. The summed E-state index contributed by atoms with van der Waals surface area (Å²) < 4.78 is 1.73. The molecule has 5 nitrogen and oxygen atoms in total. The molecule has 0 unspecified atom stereocenters. The second-order valence-corrected chi connectivity index (χ2v) is 3.10. The van der Waals surface area contributed by atoms with Crippen LogP contribution in [-0.4, -0.2) is 15.5 Å². The number of hydrogen-bond acceptors (Lipinski definition) is 2. The van der Waals surface area contributed by atoms with Crippen LogP contribution in [0.4, 0.5) is 0 Å². The van der Waals surface area contributed by atoms with Gasteiger partial charge in [-0.05, 0) is 6.07 Å². The zero-order valence-electron chi connectivity index (χ0n) is 7.57. The Morgan fingerprint density at radius 3 is 2.93 bits per heavy atom. The number of pyridine rings is 1. The van der Waals surface area contributed by atoms with Crippen LogP contribution in [0.2, 0.25) is 0 Å². The van der Waals surface area contributed by atoms with E-state index in [9.17, 15) is 9.59 Å². The minimum Gasteiger partial charge on any atom is -0.364 e. The van der Waals surface area contributed by atoms with Gasteiger partial charge in [-0.1, -0.05) is 0 Å². The number of fused-ring (bicyclic) bond motifs is 1. The molecule has 0 saturated carbocycles. The largest absolute Gasteiger partial charge is 0.364 e. The van der Waals surface area contributed by atoms with Gasteiger partial charge >= 0.3 is 0 Å². The first-order valence-corrected chi connectivity index (χ1v) is 4.08. The summed E-state index contributed by atoms with van der Waals surface area (Å²) in [5.74, 6) is -0.634. The van der Waals surface area contributed by atoms with Crippen LogP contribution in [0.1, 0.15) is 10.5 Å². The van der Waals surface area contributed by atoms with Crippen molar-refractivity contribution >= 4 is 16.9 Å². The van der Waals surface area contributed by atoms with E-state index in [0.29, 0.717) is 11.0 Å². The van der Waals surface area contributed by atoms with E-state index in [0.717, 1.165) is 0 Å². The van der Waals surface area contributed by atoms with Crippen LogP contribution in [0.15, 0.2) is 23.1 Å². The van der Waals surface area contributed by atoms with E-state index in [-0.39, 0.29) is 11.1 Å². The first-order chi connectivity index (χ1) is 6.59. The Bertz CT molecular complexity index is 565. The number of carbonyl (C=O) groups excluding carboxylic acids is 1. The standard InChI is InChI=1S/C9H9N3O2/c1-12-3-2-5-7(13)4-6(8(10)14)11-9(5)12/h2-4H,1H3,(H2,10,14)(H,11,13). The topological polar surface area (TPSA) is 80.9 Å². The normalized spacial score (nSPS) is 10.6. The smallest absolute Gasteiger partial charge is 0.265 e. The predicted octanol–water partition coefficient (Wildman–Crippen LogP) is -0.0345. The lowest BCUT2D eigenvalue weighted by atomic mass is 10.3. The van der Waals surface area contributed by atoms with Crippen molar-refractivity contribution in [3.63, 3.8) is 0 Å². The van der Waals surface area contributed by atoms with Gasteiger partial charge in [0.05, 0.1) is 5.39 Å². The number of rotatable bonds is 1. The van der Waals surface area contributed by atoms with Crippen molar-refractivity contribution in [2.24, 2.45) is 12.8 Å². The maximum absolute atomic E-state index is 11.5. The molecule has 2 aromatic heterocycles. The molecule has 0 radical (unpaired) electrons. The second-order valence-electron chi connectivity index (χ2n) is 3.10. The molecule has 0 aliphatic carbocycles. The Morgan fingerprint density at radius 1 is 1.57 bits per heavy atom. The summed E-state index contributed by atoms with van der Waals surface area (Å²) in [7, 11) is 1.78. The van der Waals surface area contributed by atoms with Gasteiger partial charge in [0.1, 0.15) is 11.3 Å². The van der Waals surface area contributed by atoms with Gasteiger partial charge in [-0.2, -0.15) is 0 Å². The lowest BCUT2D eigenvalue weighted by molar-refractivity contribution is 0.0996. The summed E-state index contributed by atoms with van der Waals surface area (Å²) in [6.07, 6.45) is 1.74. The Labute approximate surface area is 79.1 Å². The third-order valence-electron chi connectivity index (χ3n) is 2.13. The maximum atomic E-state index is 11.5. The summed E-state index contributed by atoms with van der Waals surface area (Å²) >= 11 is 0. The van der Waals surface area contributed by atoms with Gasteiger partial charge in [0.15, 0.2) is 5.43 Å². The number of primary amides is 1. The molecule has 5 heteroatoms. The Hall–Kier alpha value is -2.04. The van der Waals surface area contributed by atoms with Crippen molar-refractivity contribution in [3.8, 4) is 0 Å². The summed E-state index contributed by atoms with van der Waals surface area (Å²) in [6.45, 7) is 0. The first-order valence-electron chi connectivity index (χ1n) is 4.08. The van der Waals surface area contributed by atoms with Crippen LogP contribution >= 0.6 is 0 Å². The number of carbonyl (C=O) groups is 1. The van der Waals surface area contributed by atoms with Crippen molar-refractivity contribution in [2.75, 3.05) is 0 Å². The average molecular weight is 191 g/mol. The number of aromatic nitrogens is 2. The molecule has 0 spiro atoms. The third-order valence-corrected chi connectivity index (χ3v) is 2.13. The fraction of sp³-hybridized carbons (Fsp3) is 0.111. The van der Waals surface area contributed by atoms with E-state index in [2.05, 4.69) is 4.98 Å². The van der Waals surface area contributed by atoms with Crippen molar-refractivity contribution in [2.45, 2.75) is 0 Å². The van der Waals surface area contributed by atoms with Crippen molar-refractivity contribution in [1.29, 1.82) is 0 Å². The molecule has 3 N–H and O–H groups in total. The predicted molar refractivity (Wildman–Crippen MR) is 52.1 cm³/mol. The highest BCUT2D eigenvalue weighted by Gasteiger charge is 2.07. The zero-order chi connectivity index (χ0) is 10.3. The molecule has 2 rings (SSSR count). The Kier molecular flexibility index (Phi) is 1.67. The molecule has 14 heavy (non-hydrogen) atoms. The van der Waals surface area contributed by atoms with Crippen LogP contribution in [-0.2, 0) is 7.05 Å². The van der Waals surface area contributed by atoms with Crippen LogP contribution in [0, 0.1) is 0 Å². The van der Waals surface area contributed by atoms with Crippen molar-refractivity contribution in [1.82, 2.24) is 9.55 Å². The second kappa shape index (κ2) is 2.73. The van der Waals surface area contributed by atoms with Gasteiger partial charge in [-0.3, -0.25) is 9.59 Å². The summed E-state index contributed by atoms with van der Waals surface area (Å²) in [5.41, 5.74) is 5.61. The molecule has 0 bridgehead atoms. The highest BCUT2D eigenvalue weighted by molar-refractivity contribution is 5.93. The van der Waals surface area contributed by atoms with Crippen LogP contribution < -0.4 is 11.2 Å².